The third kappa shape index (κ3) is 4.11. The van der Waals surface area contributed by atoms with Crippen molar-refractivity contribution in [1.29, 1.82) is 0 Å². The molecule has 0 saturated carbocycles. The normalized spacial score (nSPS) is 10.6. The van der Waals surface area contributed by atoms with Crippen molar-refractivity contribution >= 4 is 17.7 Å². The molecule has 0 aromatic heterocycles. The van der Waals surface area contributed by atoms with Crippen molar-refractivity contribution in [2.24, 2.45) is 0 Å². The van der Waals surface area contributed by atoms with Crippen LogP contribution >= 0.6 is 0 Å². The Morgan fingerprint density at radius 1 is 1.19 bits per heavy atom. The van der Waals surface area contributed by atoms with Gasteiger partial charge in [0, 0.05) is 11.8 Å². The van der Waals surface area contributed by atoms with Gasteiger partial charge in [0.25, 0.3) is 0 Å². The van der Waals surface area contributed by atoms with Crippen LogP contribution in [0.2, 0.25) is 0 Å². The van der Waals surface area contributed by atoms with E-state index in [-0.39, 0.29) is 11.7 Å². The molecule has 2 N–H and O–H groups in total. The molecule has 4 nitrogen and oxygen atoms in total. The number of ether oxygens (including phenoxy) is 1. The lowest BCUT2D eigenvalue weighted by molar-refractivity contribution is -0.111. The number of rotatable bonds is 4. The van der Waals surface area contributed by atoms with E-state index in [1.54, 1.807) is 38.3 Å². The molecule has 0 unspecified atom stereocenters. The van der Waals surface area contributed by atoms with Crippen LogP contribution in [0.15, 0.2) is 48.5 Å². The van der Waals surface area contributed by atoms with E-state index < -0.39 is 0 Å². The van der Waals surface area contributed by atoms with Crippen LogP contribution < -0.4 is 10.1 Å². The zero-order valence-electron chi connectivity index (χ0n) is 12.0. The number of methoxy groups -OCH3 is 1. The lowest BCUT2D eigenvalue weighted by atomic mass is 10.2. The zero-order valence-corrected chi connectivity index (χ0v) is 12.0. The van der Waals surface area contributed by atoms with E-state index in [1.807, 2.05) is 24.3 Å². The van der Waals surface area contributed by atoms with Gasteiger partial charge in [0.1, 0.15) is 11.5 Å². The van der Waals surface area contributed by atoms with E-state index in [0.717, 1.165) is 11.3 Å². The fourth-order valence-corrected chi connectivity index (χ4v) is 1.80. The summed E-state index contributed by atoms with van der Waals surface area (Å²) in [4.78, 5) is 11.8. The highest BCUT2D eigenvalue weighted by molar-refractivity contribution is 6.02. The van der Waals surface area contributed by atoms with Crippen LogP contribution in [0.3, 0.4) is 0 Å². The molecule has 0 saturated heterocycles. The predicted octanol–water partition coefficient (Wildman–Crippen LogP) is 3.36. The number of nitrogens with one attached hydrogen (secondary N) is 1. The van der Waals surface area contributed by atoms with Crippen molar-refractivity contribution in [3.05, 3.63) is 59.7 Å². The minimum absolute atomic E-state index is 0.210. The van der Waals surface area contributed by atoms with Crippen molar-refractivity contribution in [2.45, 2.75) is 6.92 Å². The molecule has 108 valence electrons. The number of aryl methyl sites for hydroxylation is 1. The van der Waals surface area contributed by atoms with Gasteiger partial charge in [-0.2, -0.15) is 0 Å². The zero-order chi connectivity index (χ0) is 15.2. The van der Waals surface area contributed by atoms with Gasteiger partial charge in [-0.15, -0.1) is 0 Å². The second-order valence-electron chi connectivity index (χ2n) is 4.60. The van der Waals surface area contributed by atoms with Gasteiger partial charge in [0.05, 0.1) is 7.11 Å². The highest BCUT2D eigenvalue weighted by atomic mass is 16.5. The lowest BCUT2D eigenvalue weighted by Crippen LogP contribution is -2.07. The van der Waals surface area contributed by atoms with Crippen LogP contribution in [0, 0.1) is 6.92 Å². The van der Waals surface area contributed by atoms with Crippen molar-refractivity contribution in [2.75, 3.05) is 12.4 Å². The fraction of sp³-hybridized carbons (Fsp3) is 0.118. The number of carbonyl (C=O) groups excluding carboxylic acids is 1. The Morgan fingerprint density at radius 3 is 2.52 bits per heavy atom. The largest absolute Gasteiger partial charge is 0.508 e. The van der Waals surface area contributed by atoms with E-state index in [0.29, 0.717) is 11.3 Å². The Hall–Kier alpha value is -2.75. The maximum atomic E-state index is 11.8. The molecule has 21 heavy (non-hydrogen) atoms. The Kier molecular flexibility index (Phi) is 4.61. The summed E-state index contributed by atoms with van der Waals surface area (Å²) in [7, 11) is 1.61. The predicted molar refractivity (Wildman–Crippen MR) is 83.5 cm³/mol. The van der Waals surface area contributed by atoms with Gasteiger partial charge in [-0.3, -0.25) is 4.79 Å². The van der Waals surface area contributed by atoms with Gasteiger partial charge in [-0.25, -0.2) is 0 Å². The Bertz CT molecular complexity index is 660. The van der Waals surface area contributed by atoms with Gasteiger partial charge in [0.15, 0.2) is 0 Å². The Labute approximate surface area is 123 Å². The molecule has 0 fully saturated rings. The van der Waals surface area contributed by atoms with E-state index >= 15 is 0 Å². The minimum Gasteiger partial charge on any atom is -0.508 e. The van der Waals surface area contributed by atoms with Crippen molar-refractivity contribution in [3.63, 3.8) is 0 Å². The van der Waals surface area contributed by atoms with Crippen LogP contribution in [0.25, 0.3) is 6.08 Å². The third-order valence-electron chi connectivity index (χ3n) is 3.01. The molecular weight excluding hydrogens is 266 g/mol. The number of aromatic hydroxyl groups is 1. The summed E-state index contributed by atoms with van der Waals surface area (Å²) >= 11 is 0. The average molecular weight is 283 g/mol. The molecule has 1 amide bonds. The van der Waals surface area contributed by atoms with Crippen LogP contribution in [-0.4, -0.2) is 18.1 Å². The quantitative estimate of drug-likeness (QED) is 0.668. The summed E-state index contributed by atoms with van der Waals surface area (Å²) in [6, 6.07) is 12.3. The molecule has 0 bridgehead atoms. The number of anilines is 1. The summed E-state index contributed by atoms with van der Waals surface area (Å²) in [6.45, 7) is 1.78. The van der Waals surface area contributed by atoms with Crippen molar-refractivity contribution in [1.82, 2.24) is 0 Å². The monoisotopic (exact) mass is 283 g/mol. The first kappa shape index (κ1) is 14.7. The number of amides is 1. The van der Waals surface area contributed by atoms with Crippen LogP contribution in [0.5, 0.6) is 11.5 Å². The standard InChI is InChI=1S/C17H17NO3/c1-12-11-14(6-9-16(12)19)18-17(20)10-5-13-3-7-15(21-2)8-4-13/h3-11,19H,1-2H3,(H,18,20)/b10-5+. The SMILES string of the molecule is COc1ccc(/C=C/C(=O)Nc2ccc(O)c(C)c2)cc1. The topological polar surface area (TPSA) is 58.6 Å². The second kappa shape index (κ2) is 6.61. The molecule has 0 spiro atoms. The first-order chi connectivity index (χ1) is 10.1. The first-order valence-corrected chi connectivity index (χ1v) is 6.51. The van der Waals surface area contributed by atoms with E-state index in [1.165, 1.54) is 6.08 Å². The molecule has 0 radical (unpaired) electrons. The van der Waals surface area contributed by atoms with E-state index in [9.17, 15) is 9.90 Å². The maximum Gasteiger partial charge on any atom is 0.248 e. The summed E-state index contributed by atoms with van der Waals surface area (Å²) in [5.41, 5.74) is 2.27. The molecule has 0 aliphatic heterocycles. The summed E-state index contributed by atoms with van der Waals surface area (Å²) in [5.74, 6) is 0.758. The molecular formula is C17H17NO3. The number of hydrogen-bond acceptors (Lipinski definition) is 3. The highest BCUT2D eigenvalue weighted by Crippen LogP contribution is 2.20. The Balaban J connectivity index is 1.99. The number of hydrogen-bond donors (Lipinski definition) is 2. The van der Waals surface area contributed by atoms with Crippen LogP contribution in [0.1, 0.15) is 11.1 Å². The fourth-order valence-electron chi connectivity index (χ4n) is 1.80. The summed E-state index contributed by atoms with van der Waals surface area (Å²) < 4.78 is 5.07. The van der Waals surface area contributed by atoms with Gasteiger partial charge < -0.3 is 15.2 Å². The third-order valence-corrected chi connectivity index (χ3v) is 3.01. The van der Waals surface area contributed by atoms with Crippen LogP contribution in [0.4, 0.5) is 5.69 Å². The van der Waals surface area contributed by atoms with Crippen LogP contribution in [-0.2, 0) is 4.79 Å². The minimum atomic E-state index is -0.226. The number of phenols is 1. The molecule has 0 aliphatic rings. The molecule has 0 atom stereocenters. The highest BCUT2D eigenvalue weighted by Gasteiger charge is 2.01. The number of benzene rings is 2. The van der Waals surface area contributed by atoms with Gasteiger partial charge in [-0.05, 0) is 54.5 Å². The summed E-state index contributed by atoms with van der Waals surface area (Å²) in [5, 5.41) is 12.2. The van der Waals surface area contributed by atoms with E-state index in [2.05, 4.69) is 5.32 Å². The summed E-state index contributed by atoms with van der Waals surface area (Å²) in [6.07, 6.45) is 3.19. The van der Waals surface area contributed by atoms with Gasteiger partial charge in [-0.1, -0.05) is 12.1 Å². The molecule has 2 rings (SSSR count). The molecule has 0 heterocycles. The van der Waals surface area contributed by atoms with Gasteiger partial charge in [0.2, 0.25) is 5.91 Å². The average Bonchev–Trinajstić information content (AvgIpc) is 2.49. The Morgan fingerprint density at radius 2 is 1.90 bits per heavy atom. The van der Waals surface area contributed by atoms with Crippen molar-refractivity contribution in [3.8, 4) is 11.5 Å². The molecule has 2 aromatic carbocycles. The van der Waals surface area contributed by atoms with E-state index in [4.69, 9.17) is 4.74 Å². The number of carbonyl (C=O) groups is 1. The lowest BCUT2D eigenvalue weighted by Gasteiger charge is -2.04. The number of phenolic OH excluding ortho intramolecular Hbond substituents is 1. The molecule has 4 heteroatoms. The first-order valence-electron chi connectivity index (χ1n) is 6.51. The smallest absolute Gasteiger partial charge is 0.248 e. The molecule has 0 aliphatic carbocycles. The second-order valence-corrected chi connectivity index (χ2v) is 4.60. The maximum absolute atomic E-state index is 11.8. The van der Waals surface area contributed by atoms with Gasteiger partial charge >= 0.3 is 0 Å². The molecule has 2 aromatic rings. The van der Waals surface area contributed by atoms with Crippen molar-refractivity contribution < 1.29 is 14.6 Å².